The second-order valence-corrected chi connectivity index (χ2v) is 4.83. The van der Waals surface area contributed by atoms with Gasteiger partial charge < -0.3 is 10.6 Å². The predicted octanol–water partition coefficient (Wildman–Crippen LogP) is 1.89. The van der Waals surface area contributed by atoms with Crippen LogP contribution in [0.25, 0.3) is 0 Å². The van der Waals surface area contributed by atoms with Crippen LogP contribution in [0.2, 0.25) is 0 Å². The number of aromatic nitrogens is 2. The summed E-state index contributed by atoms with van der Waals surface area (Å²) in [5.41, 5.74) is 0. The summed E-state index contributed by atoms with van der Waals surface area (Å²) in [6, 6.07) is 0. The maximum Gasteiger partial charge on any atom is 0.291 e. The molecule has 1 fully saturated rings. The van der Waals surface area contributed by atoms with Gasteiger partial charge in [-0.1, -0.05) is 11.3 Å². The molecule has 0 amide bonds. The molecule has 1 aliphatic heterocycles. The van der Waals surface area contributed by atoms with Crippen LogP contribution in [0.15, 0.2) is 0 Å². The van der Waals surface area contributed by atoms with Crippen LogP contribution in [0, 0.1) is 5.92 Å². The van der Waals surface area contributed by atoms with Gasteiger partial charge in [0.2, 0.25) is 5.13 Å². The Bertz CT molecular complexity index is 325. The van der Waals surface area contributed by atoms with Gasteiger partial charge >= 0.3 is 0 Å². The molecule has 0 radical (unpaired) electrons. The fourth-order valence-electron chi connectivity index (χ4n) is 1.74. The summed E-state index contributed by atoms with van der Waals surface area (Å²) in [4.78, 5) is 0. The van der Waals surface area contributed by atoms with E-state index in [4.69, 9.17) is 0 Å². The molecule has 0 bridgehead atoms. The van der Waals surface area contributed by atoms with Gasteiger partial charge in [-0.2, -0.15) is 0 Å². The predicted molar refractivity (Wildman–Crippen MR) is 58.9 cm³/mol. The SMILES string of the molecule is FC(F)c1nnc(NCCC2CCNC2)s1. The van der Waals surface area contributed by atoms with E-state index in [0.29, 0.717) is 11.0 Å². The van der Waals surface area contributed by atoms with Gasteiger partial charge in [-0.05, 0) is 31.8 Å². The van der Waals surface area contributed by atoms with E-state index in [0.717, 1.165) is 37.4 Å². The van der Waals surface area contributed by atoms with Crippen molar-refractivity contribution in [3.8, 4) is 0 Å². The van der Waals surface area contributed by atoms with Crippen molar-refractivity contribution in [2.45, 2.75) is 19.3 Å². The molecular weight excluding hydrogens is 234 g/mol. The second kappa shape index (κ2) is 5.49. The summed E-state index contributed by atoms with van der Waals surface area (Å²) in [5.74, 6) is 0.690. The van der Waals surface area contributed by atoms with Crippen LogP contribution >= 0.6 is 11.3 Å². The zero-order valence-electron chi connectivity index (χ0n) is 8.75. The first kappa shape index (κ1) is 11.7. The van der Waals surface area contributed by atoms with E-state index in [1.54, 1.807) is 0 Å². The van der Waals surface area contributed by atoms with Crippen molar-refractivity contribution in [1.29, 1.82) is 0 Å². The first-order chi connectivity index (χ1) is 7.75. The summed E-state index contributed by atoms with van der Waals surface area (Å²) >= 11 is 0.925. The molecule has 1 aliphatic rings. The maximum absolute atomic E-state index is 12.2. The highest BCUT2D eigenvalue weighted by molar-refractivity contribution is 7.15. The number of hydrogen-bond acceptors (Lipinski definition) is 5. The topological polar surface area (TPSA) is 49.8 Å². The lowest BCUT2D eigenvalue weighted by Gasteiger charge is -2.07. The molecule has 1 atom stereocenters. The highest BCUT2D eigenvalue weighted by Gasteiger charge is 2.15. The monoisotopic (exact) mass is 248 g/mol. The van der Waals surface area contributed by atoms with Crippen molar-refractivity contribution in [1.82, 2.24) is 15.5 Å². The van der Waals surface area contributed by atoms with E-state index in [2.05, 4.69) is 20.8 Å². The quantitative estimate of drug-likeness (QED) is 0.835. The molecule has 0 spiro atoms. The first-order valence-corrected chi connectivity index (χ1v) is 6.13. The Morgan fingerprint density at radius 1 is 1.50 bits per heavy atom. The van der Waals surface area contributed by atoms with Crippen molar-refractivity contribution in [2.24, 2.45) is 5.92 Å². The Labute approximate surface area is 96.5 Å². The van der Waals surface area contributed by atoms with Gasteiger partial charge in [0.25, 0.3) is 6.43 Å². The Balaban J connectivity index is 1.72. The van der Waals surface area contributed by atoms with Gasteiger partial charge in [0.15, 0.2) is 5.01 Å². The average molecular weight is 248 g/mol. The fourth-order valence-corrected chi connectivity index (χ4v) is 2.36. The second-order valence-electron chi connectivity index (χ2n) is 3.82. The smallest absolute Gasteiger partial charge is 0.291 e. The Hall–Kier alpha value is -0.820. The van der Waals surface area contributed by atoms with Crippen LogP contribution in [0.1, 0.15) is 24.3 Å². The van der Waals surface area contributed by atoms with Crippen molar-refractivity contribution in [3.63, 3.8) is 0 Å². The number of hydrogen-bond donors (Lipinski definition) is 2. The number of nitrogens with zero attached hydrogens (tertiary/aromatic N) is 2. The Kier molecular flexibility index (Phi) is 4.00. The van der Waals surface area contributed by atoms with E-state index < -0.39 is 6.43 Å². The molecule has 0 aromatic carbocycles. The molecule has 2 N–H and O–H groups in total. The zero-order valence-corrected chi connectivity index (χ0v) is 9.57. The standard InChI is InChI=1S/C9H14F2N4S/c10-7(11)8-14-15-9(16-8)13-4-2-6-1-3-12-5-6/h6-7,12H,1-5H2,(H,13,15). The van der Waals surface area contributed by atoms with Gasteiger partial charge in [-0.3, -0.25) is 0 Å². The number of anilines is 1. The first-order valence-electron chi connectivity index (χ1n) is 5.32. The molecular formula is C9H14F2N4S. The lowest BCUT2D eigenvalue weighted by Crippen LogP contribution is -2.12. The molecule has 2 rings (SSSR count). The molecule has 4 nitrogen and oxygen atoms in total. The minimum absolute atomic E-state index is 0.218. The molecule has 2 heterocycles. The van der Waals surface area contributed by atoms with Crippen molar-refractivity contribution < 1.29 is 8.78 Å². The molecule has 0 aliphatic carbocycles. The van der Waals surface area contributed by atoms with E-state index in [9.17, 15) is 8.78 Å². The van der Waals surface area contributed by atoms with Crippen molar-refractivity contribution >= 4 is 16.5 Å². The van der Waals surface area contributed by atoms with Gasteiger partial charge in [-0.25, -0.2) is 8.78 Å². The molecule has 90 valence electrons. The fraction of sp³-hybridized carbons (Fsp3) is 0.778. The Morgan fingerprint density at radius 3 is 3.00 bits per heavy atom. The zero-order chi connectivity index (χ0) is 11.4. The van der Waals surface area contributed by atoms with Crippen molar-refractivity contribution in [2.75, 3.05) is 25.0 Å². The van der Waals surface area contributed by atoms with Gasteiger partial charge in [0, 0.05) is 6.54 Å². The lowest BCUT2D eigenvalue weighted by molar-refractivity contribution is 0.150. The Morgan fingerprint density at radius 2 is 2.38 bits per heavy atom. The van der Waals surface area contributed by atoms with Gasteiger partial charge in [0.1, 0.15) is 0 Å². The molecule has 0 saturated carbocycles. The summed E-state index contributed by atoms with van der Waals surface area (Å²) in [6.45, 7) is 2.91. The minimum Gasteiger partial charge on any atom is -0.360 e. The molecule has 1 unspecified atom stereocenters. The number of nitrogens with one attached hydrogen (secondary N) is 2. The van der Waals surface area contributed by atoms with Crippen LogP contribution < -0.4 is 10.6 Å². The third-order valence-corrected chi connectivity index (χ3v) is 3.51. The van der Waals surface area contributed by atoms with Crippen LogP contribution in [-0.4, -0.2) is 29.8 Å². The van der Waals surface area contributed by atoms with Crippen LogP contribution in [0.3, 0.4) is 0 Å². The van der Waals surface area contributed by atoms with E-state index in [1.165, 1.54) is 6.42 Å². The largest absolute Gasteiger partial charge is 0.360 e. The number of rotatable bonds is 5. The van der Waals surface area contributed by atoms with Gasteiger partial charge in [0.05, 0.1) is 0 Å². The van der Waals surface area contributed by atoms with Gasteiger partial charge in [-0.15, -0.1) is 10.2 Å². The summed E-state index contributed by atoms with van der Waals surface area (Å²) in [7, 11) is 0. The molecule has 7 heteroatoms. The maximum atomic E-state index is 12.2. The van der Waals surface area contributed by atoms with Crippen molar-refractivity contribution in [3.05, 3.63) is 5.01 Å². The van der Waals surface area contributed by atoms with E-state index >= 15 is 0 Å². The third kappa shape index (κ3) is 3.08. The number of alkyl halides is 2. The van der Waals surface area contributed by atoms with Crippen LogP contribution in [0.5, 0.6) is 0 Å². The molecule has 16 heavy (non-hydrogen) atoms. The van der Waals surface area contributed by atoms with Crippen LogP contribution in [-0.2, 0) is 0 Å². The van der Waals surface area contributed by atoms with E-state index in [-0.39, 0.29) is 5.01 Å². The minimum atomic E-state index is -2.52. The summed E-state index contributed by atoms with van der Waals surface area (Å²) in [6.07, 6.45) is -0.288. The van der Waals surface area contributed by atoms with Crippen LogP contribution in [0.4, 0.5) is 13.9 Å². The summed E-state index contributed by atoms with van der Waals surface area (Å²) in [5, 5.41) is 13.7. The van der Waals surface area contributed by atoms with E-state index in [1.807, 2.05) is 0 Å². The molecule has 1 aromatic rings. The highest BCUT2D eigenvalue weighted by atomic mass is 32.1. The molecule has 1 aromatic heterocycles. The third-order valence-electron chi connectivity index (χ3n) is 2.62. The lowest BCUT2D eigenvalue weighted by atomic mass is 10.1. The summed E-state index contributed by atoms with van der Waals surface area (Å²) < 4.78 is 24.4. The average Bonchev–Trinajstić information content (AvgIpc) is 2.87. The molecule has 1 saturated heterocycles. The normalized spacial score (nSPS) is 20.6. The number of halogens is 2. The highest BCUT2D eigenvalue weighted by Crippen LogP contribution is 2.25.